The zero-order valence-corrected chi connectivity index (χ0v) is 20.2. The zero-order chi connectivity index (χ0) is 25.1. The topological polar surface area (TPSA) is 3.24 Å². The lowest BCUT2D eigenvalue weighted by Crippen LogP contribution is -2.55. The van der Waals surface area contributed by atoms with Crippen molar-refractivity contribution in [2.45, 2.75) is 0 Å². The van der Waals surface area contributed by atoms with Gasteiger partial charge in [0.2, 0.25) is 6.71 Å². The van der Waals surface area contributed by atoms with Crippen molar-refractivity contribution in [1.82, 2.24) is 0 Å². The van der Waals surface area contributed by atoms with Crippen LogP contribution in [0.1, 0.15) is 0 Å². The molecule has 0 N–H and O–H groups in total. The van der Waals surface area contributed by atoms with Gasteiger partial charge in [0, 0.05) is 11.1 Å². The van der Waals surface area contributed by atoms with Gasteiger partial charge in [0.25, 0.3) is 0 Å². The second-order valence-corrected chi connectivity index (χ2v) is 10.4. The molecule has 1 nitrogen and oxygen atoms in total. The normalized spacial score (nSPS) is 13.4. The molecule has 4 heteroatoms. The van der Waals surface area contributed by atoms with Gasteiger partial charge in [0.05, 0.1) is 11.4 Å². The standard InChI is InChI=1S/C34H18BF2N/c36-22-12-14-23-24-15-16-28(37)34-33(24)35(27(23)18-22)26-6-1-2-7-30(26)38(34)29-17-11-21-9-8-19-4-3-5-20-10-13-25(29)32(21)31(19)20/h1-18H. The number of benzene rings is 7. The Morgan fingerprint density at radius 1 is 0.553 bits per heavy atom. The lowest BCUT2D eigenvalue weighted by atomic mass is 9.37. The van der Waals surface area contributed by atoms with Crippen molar-refractivity contribution in [3.63, 3.8) is 0 Å². The van der Waals surface area contributed by atoms with E-state index in [1.165, 1.54) is 27.6 Å². The minimum atomic E-state index is -0.276. The highest BCUT2D eigenvalue weighted by Crippen LogP contribution is 2.46. The first-order chi connectivity index (χ1) is 18.7. The molecule has 0 spiro atoms. The monoisotopic (exact) mass is 489 g/mol. The molecule has 9 rings (SSSR count). The van der Waals surface area contributed by atoms with Crippen molar-refractivity contribution in [2.75, 3.05) is 4.90 Å². The molecule has 7 aromatic rings. The van der Waals surface area contributed by atoms with Gasteiger partial charge in [-0.05, 0) is 79.3 Å². The summed E-state index contributed by atoms with van der Waals surface area (Å²) in [5.41, 5.74) is 7.23. The third-order valence-corrected chi connectivity index (χ3v) is 8.53. The Hall–Kier alpha value is -4.70. The molecule has 0 amide bonds. The Morgan fingerprint density at radius 2 is 1.29 bits per heavy atom. The summed E-state index contributed by atoms with van der Waals surface area (Å²) in [7, 11) is 0. The van der Waals surface area contributed by atoms with Gasteiger partial charge in [-0.1, -0.05) is 84.3 Å². The summed E-state index contributed by atoms with van der Waals surface area (Å²) in [4.78, 5) is 2.09. The van der Waals surface area contributed by atoms with Gasteiger partial charge in [-0.3, -0.25) is 0 Å². The number of para-hydroxylation sites is 1. The molecule has 0 aliphatic carbocycles. The molecular weight excluding hydrogens is 471 g/mol. The summed E-state index contributed by atoms with van der Waals surface area (Å²) in [5.74, 6) is -0.549. The Bertz CT molecular complexity index is 2120. The van der Waals surface area contributed by atoms with Gasteiger partial charge in [0.1, 0.15) is 11.6 Å². The first-order valence-electron chi connectivity index (χ1n) is 12.9. The molecule has 2 aliphatic rings. The van der Waals surface area contributed by atoms with E-state index in [1.54, 1.807) is 12.1 Å². The Kier molecular flexibility index (Phi) is 3.75. The van der Waals surface area contributed by atoms with E-state index in [9.17, 15) is 4.39 Å². The SMILES string of the molecule is Fc1ccc2c(c1)B1c3ccccc3N(c3ccc4ccc5cccc6ccc3c4c56)c3c(F)ccc-2c31. The maximum Gasteiger partial charge on any atom is 0.248 e. The van der Waals surface area contributed by atoms with Crippen molar-refractivity contribution in [3.05, 3.63) is 121 Å². The fourth-order valence-electron chi connectivity index (χ4n) is 7.05. The lowest BCUT2D eigenvalue weighted by Gasteiger charge is -2.36. The van der Waals surface area contributed by atoms with Crippen molar-refractivity contribution in [3.8, 4) is 11.1 Å². The minimum absolute atomic E-state index is 0.214. The number of hydrogen-bond acceptors (Lipinski definition) is 1. The van der Waals surface area contributed by atoms with Crippen LogP contribution in [0.25, 0.3) is 43.4 Å². The average Bonchev–Trinajstić information content (AvgIpc) is 3.27. The third-order valence-electron chi connectivity index (χ3n) is 8.53. The molecule has 2 heterocycles. The van der Waals surface area contributed by atoms with Crippen LogP contribution in [0.2, 0.25) is 0 Å². The zero-order valence-electron chi connectivity index (χ0n) is 20.2. The predicted octanol–water partition coefficient (Wildman–Crippen LogP) is 7.14. The molecule has 0 atom stereocenters. The van der Waals surface area contributed by atoms with Crippen molar-refractivity contribution in [1.29, 1.82) is 0 Å². The van der Waals surface area contributed by atoms with E-state index >= 15 is 4.39 Å². The second kappa shape index (κ2) is 6.99. The predicted molar refractivity (Wildman–Crippen MR) is 155 cm³/mol. The molecule has 0 aromatic heterocycles. The Morgan fingerprint density at radius 3 is 2.16 bits per heavy atom. The van der Waals surface area contributed by atoms with Crippen LogP contribution >= 0.6 is 0 Å². The summed E-state index contributed by atoms with van der Waals surface area (Å²) in [6.07, 6.45) is 0. The number of fused-ring (bicyclic) bond motifs is 5. The molecule has 7 aromatic carbocycles. The highest BCUT2D eigenvalue weighted by Gasteiger charge is 2.44. The number of hydrogen-bond donors (Lipinski definition) is 0. The molecule has 0 saturated heterocycles. The van der Waals surface area contributed by atoms with Crippen LogP contribution in [0.5, 0.6) is 0 Å². The van der Waals surface area contributed by atoms with Crippen molar-refractivity contribution >= 4 is 72.5 Å². The first kappa shape index (κ1) is 20.4. The van der Waals surface area contributed by atoms with Crippen LogP contribution in [0.4, 0.5) is 25.8 Å². The van der Waals surface area contributed by atoms with E-state index in [4.69, 9.17) is 0 Å². The molecule has 176 valence electrons. The summed E-state index contributed by atoms with van der Waals surface area (Å²) < 4.78 is 30.6. The van der Waals surface area contributed by atoms with Crippen molar-refractivity contribution < 1.29 is 8.78 Å². The fourth-order valence-corrected chi connectivity index (χ4v) is 7.05. The lowest BCUT2D eigenvalue weighted by molar-refractivity contribution is 0.629. The number of anilines is 3. The largest absolute Gasteiger partial charge is 0.308 e. The quantitative estimate of drug-likeness (QED) is 0.175. The van der Waals surface area contributed by atoms with Gasteiger partial charge >= 0.3 is 0 Å². The van der Waals surface area contributed by atoms with Gasteiger partial charge in [0.15, 0.2) is 0 Å². The maximum absolute atomic E-state index is 16.1. The van der Waals surface area contributed by atoms with Gasteiger partial charge in [-0.15, -0.1) is 0 Å². The molecule has 0 fully saturated rings. The third kappa shape index (κ3) is 2.41. The first-order valence-corrected chi connectivity index (χ1v) is 12.9. The fraction of sp³-hybridized carbons (Fsp3) is 0. The van der Waals surface area contributed by atoms with Crippen molar-refractivity contribution in [2.24, 2.45) is 0 Å². The minimum Gasteiger partial charge on any atom is -0.308 e. The number of rotatable bonds is 1. The van der Waals surface area contributed by atoms with E-state index in [1.807, 2.05) is 24.3 Å². The van der Waals surface area contributed by atoms with Crippen LogP contribution in [-0.2, 0) is 0 Å². The summed E-state index contributed by atoms with van der Waals surface area (Å²) in [6.45, 7) is -0.214. The molecule has 0 unspecified atom stereocenters. The molecule has 2 aliphatic heterocycles. The van der Waals surface area contributed by atoms with E-state index in [0.29, 0.717) is 5.69 Å². The van der Waals surface area contributed by atoms with Crippen LogP contribution in [0, 0.1) is 11.6 Å². The highest BCUT2D eigenvalue weighted by atomic mass is 19.1. The van der Waals surface area contributed by atoms with E-state index < -0.39 is 0 Å². The average molecular weight is 489 g/mol. The molecule has 0 saturated carbocycles. The van der Waals surface area contributed by atoms with Gasteiger partial charge in [-0.25, -0.2) is 8.78 Å². The highest BCUT2D eigenvalue weighted by molar-refractivity contribution is 7.01. The smallest absolute Gasteiger partial charge is 0.248 e. The summed E-state index contributed by atoms with van der Waals surface area (Å²) >= 11 is 0. The second-order valence-electron chi connectivity index (χ2n) is 10.4. The molecule has 0 radical (unpaired) electrons. The van der Waals surface area contributed by atoms with Crippen LogP contribution in [-0.4, -0.2) is 6.71 Å². The van der Waals surface area contributed by atoms with Crippen LogP contribution in [0.3, 0.4) is 0 Å². The van der Waals surface area contributed by atoms with E-state index in [-0.39, 0.29) is 18.3 Å². The summed E-state index contributed by atoms with van der Waals surface area (Å²) in [6, 6.07) is 35.8. The maximum atomic E-state index is 16.1. The van der Waals surface area contributed by atoms with E-state index in [2.05, 4.69) is 71.6 Å². The van der Waals surface area contributed by atoms with Crippen LogP contribution in [0.15, 0.2) is 109 Å². The number of halogens is 2. The molecule has 38 heavy (non-hydrogen) atoms. The van der Waals surface area contributed by atoms with Crippen LogP contribution < -0.4 is 21.3 Å². The number of nitrogens with zero attached hydrogens (tertiary/aromatic N) is 1. The van der Waals surface area contributed by atoms with Gasteiger partial charge < -0.3 is 4.90 Å². The van der Waals surface area contributed by atoms with E-state index in [0.717, 1.165) is 49.7 Å². The van der Waals surface area contributed by atoms with Gasteiger partial charge in [-0.2, -0.15) is 0 Å². The Labute approximate surface area is 218 Å². The summed E-state index contributed by atoms with van der Waals surface area (Å²) in [5, 5.41) is 7.06. The molecular formula is C34H18BF2N. The molecule has 0 bridgehead atoms. The Balaban J connectivity index is 1.42.